The van der Waals surface area contributed by atoms with E-state index in [0.29, 0.717) is 54.5 Å². The third kappa shape index (κ3) is 7.01. The van der Waals surface area contributed by atoms with Gasteiger partial charge in [0.05, 0.1) is 12.2 Å². The van der Waals surface area contributed by atoms with Gasteiger partial charge in [-0.2, -0.15) is 8.42 Å². The van der Waals surface area contributed by atoms with E-state index in [1.165, 1.54) is 54.6 Å². The quantitative estimate of drug-likeness (QED) is 0.0886. The first-order chi connectivity index (χ1) is 25.9. The Bertz CT molecular complexity index is 2160. The molecule has 3 N–H and O–H groups in total. The number of likely N-dealkylation sites (tertiary alicyclic amines) is 1. The minimum Gasteiger partial charge on any atom is -0.477 e. The first kappa shape index (κ1) is 36.3. The standard InChI is InChI=1S/C39H44ClN7O6S/c1-37(23-26-7-3-2-4-8-26)24-27(25-46(37)36(49)50)9-6-20-41-30-10-5-11-33(42-30)54(51,52)45-35(48)28-12-13-31(43-34(28)40)47-21-14-32(44-47)53-22-15-29-38(16-17-38)39(29)18-19-39/h2-5,7-8,10-14,21,27,29H,6,9,15-20,22-25H2,1H3,(H,41,42)(H,45,48)(H,49,50). The molecule has 54 heavy (non-hydrogen) atoms. The van der Waals surface area contributed by atoms with Gasteiger partial charge in [0, 0.05) is 30.9 Å². The maximum atomic E-state index is 13.2. The number of aromatic nitrogens is 4. The van der Waals surface area contributed by atoms with Crippen LogP contribution in [-0.4, -0.2) is 75.4 Å². The van der Waals surface area contributed by atoms with Crippen molar-refractivity contribution in [3.63, 3.8) is 0 Å². The SMILES string of the molecule is CC1(Cc2ccccc2)CC(CCCNc2cccc(S(=O)(=O)NC(=O)c3ccc(-n4ccc(OCCC5C6(CC6)C56CC6)n4)nc3Cl)n2)CN1C(=O)O. The first-order valence-corrected chi connectivity index (χ1v) is 20.5. The molecule has 1 aliphatic heterocycles. The molecular formula is C39H44ClN7O6S. The van der Waals surface area contributed by atoms with Gasteiger partial charge in [-0.25, -0.2) is 24.2 Å². The molecule has 2 unspecified atom stereocenters. The van der Waals surface area contributed by atoms with Gasteiger partial charge in [0.15, 0.2) is 10.8 Å². The predicted molar refractivity (Wildman–Crippen MR) is 201 cm³/mol. The second kappa shape index (κ2) is 13.9. The number of hydrogen-bond donors (Lipinski definition) is 3. The van der Waals surface area contributed by atoms with Crippen molar-refractivity contribution >= 4 is 39.4 Å². The summed E-state index contributed by atoms with van der Waals surface area (Å²) in [5.74, 6) is 1.19. The molecule has 2 spiro atoms. The molecule has 4 heterocycles. The summed E-state index contributed by atoms with van der Waals surface area (Å²) in [5.41, 5.74) is 1.77. The van der Waals surface area contributed by atoms with E-state index in [2.05, 4.69) is 20.4 Å². The molecule has 2 amide bonds. The fraction of sp³-hybridized carbons (Fsp3) is 0.462. The number of fused-ring (bicyclic) bond motifs is 1. The molecule has 284 valence electrons. The summed E-state index contributed by atoms with van der Waals surface area (Å²) in [4.78, 5) is 35.2. The lowest BCUT2D eigenvalue weighted by Gasteiger charge is -2.33. The van der Waals surface area contributed by atoms with Crippen molar-refractivity contribution in [3.05, 3.63) is 89.2 Å². The number of carbonyl (C=O) groups excluding carboxylic acids is 1. The Hall–Kier alpha value is -4.69. The molecule has 0 bridgehead atoms. The van der Waals surface area contributed by atoms with Crippen LogP contribution in [0.15, 0.2) is 78.0 Å². The predicted octanol–water partition coefficient (Wildman–Crippen LogP) is 6.59. The summed E-state index contributed by atoms with van der Waals surface area (Å²) < 4.78 is 35.9. The Morgan fingerprint density at radius 2 is 1.74 bits per heavy atom. The number of amides is 2. The number of carbonyl (C=O) groups is 2. The molecule has 1 aromatic carbocycles. The number of nitrogens with one attached hydrogen (secondary N) is 2. The molecule has 8 rings (SSSR count). The van der Waals surface area contributed by atoms with E-state index in [4.69, 9.17) is 16.3 Å². The molecule has 0 radical (unpaired) electrons. The fourth-order valence-electron chi connectivity index (χ4n) is 9.35. The maximum Gasteiger partial charge on any atom is 0.407 e. The minimum atomic E-state index is -4.35. The Kier molecular flexibility index (Phi) is 9.32. The molecular weight excluding hydrogens is 730 g/mol. The van der Waals surface area contributed by atoms with E-state index >= 15 is 0 Å². The van der Waals surface area contributed by atoms with Crippen LogP contribution in [-0.2, 0) is 16.4 Å². The molecule has 4 aliphatic rings. The molecule has 15 heteroatoms. The van der Waals surface area contributed by atoms with Gasteiger partial charge < -0.3 is 20.1 Å². The maximum absolute atomic E-state index is 13.2. The zero-order chi connectivity index (χ0) is 37.7. The topological polar surface area (TPSA) is 169 Å². The van der Waals surface area contributed by atoms with Gasteiger partial charge in [-0.15, -0.1) is 5.10 Å². The highest BCUT2D eigenvalue weighted by molar-refractivity contribution is 7.90. The molecule has 4 fully saturated rings. The van der Waals surface area contributed by atoms with Crippen LogP contribution < -0.4 is 14.8 Å². The number of pyridine rings is 2. The van der Waals surface area contributed by atoms with Gasteiger partial charge in [-0.05, 0) is 117 Å². The van der Waals surface area contributed by atoms with E-state index in [1.807, 2.05) is 42.0 Å². The second-order valence-corrected chi connectivity index (χ2v) is 17.6. The van der Waals surface area contributed by atoms with Crippen LogP contribution in [0.5, 0.6) is 5.88 Å². The van der Waals surface area contributed by atoms with Crippen LogP contribution in [0.2, 0.25) is 5.15 Å². The molecule has 1 saturated heterocycles. The summed E-state index contributed by atoms with van der Waals surface area (Å²) in [6.45, 7) is 3.59. The van der Waals surface area contributed by atoms with Crippen molar-refractivity contribution in [3.8, 4) is 11.7 Å². The van der Waals surface area contributed by atoms with Crippen molar-refractivity contribution in [2.75, 3.05) is 25.0 Å². The second-order valence-electron chi connectivity index (χ2n) is 15.6. The van der Waals surface area contributed by atoms with Crippen LogP contribution in [0.4, 0.5) is 10.6 Å². The first-order valence-electron chi connectivity index (χ1n) is 18.6. The van der Waals surface area contributed by atoms with Crippen molar-refractivity contribution in [2.24, 2.45) is 22.7 Å². The summed E-state index contributed by atoms with van der Waals surface area (Å²) in [7, 11) is -4.35. The van der Waals surface area contributed by atoms with Crippen molar-refractivity contribution in [2.45, 2.75) is 75.3 Å². The Morgan fingerprint density at radius 3 is 2.44 bits per heavy atom. The third-order valence-electron chi connectivity index (χ3n) is 12.2. The van der Waals surface area contributed by atoms with Crippen LogP contribution in [0, 0.1) is 22.7 Å². The van der Waals surface area contributed by atoms with E-state index in [9.17, 15) is 23.1 Å². The lowest BCUT2D eigenvalue weighted by molar-refractivity contribution is 0.0980. The normalized spacial score (nSPS) is 22.0. The molecule has 2 atom stereocenters. The highest BCUT2D eigenvalue weighted by Gasteiger charge is 2.85. The molecule has 3 aromatic heterocycles. The van der Waals surface area contributed by atoms with Crippen molar-refractivity contribution in [1.29, 1.82) is 0 Å². The minimum absolute atomic E-state index is 0.123. The Labute approximate surface area is 319 Å². The highest BCUT2D eigenvalue weighted by atomic mass is 35.5. The number of sulfonamides is 1. The molecule has 3 saturated carbocycles. The zero-order valence-corrected chi connectivity index (χ0v) is 31.7. The molecule has 13 nitrogen and oxygen atoms in total. The number of ether oxygens (including phenoxy) is 1. The third-order valence-corrected chi connectivity index (χ3v) is 13.7. The average molecular weight is 774 g/mol. The highest BCUT2D eigenvalue weighted by Crippen LogP contribution is 2.93. The largest absolute Gasteiger partial charge is 0.477 e. The smallest absolute Gasteiger partial charge is 0.407 e. The Balaban J connectivity index is 0.816. The van der Waals surface area contributed by atoms with Crippen LogP contribution >= 0.6 is 11.6 Å². The molecule has 4 aromatic rings. The lowest BCUT2D eigenvalue weighted by Crippen LogP contribution is -2.45. The van der Waals surface area contributed by atoms with Gasteiger partial charge >= 0.3 is 6.09 Å². The average Bonchev–Trinajstić information content (AvgIpc) is 4.10. The number of halogens is 1. The summed E-state index contributed by atoms with van der Waals surface area (Å²) >= 11 is 6.37. The molecule has 3 aliphatic carbocycles. The van der Waals surface area contributed by atoms with Crippen LogP contribution in [0.1, 0.15) is 74.2 Å². The number of hydrogen-bond acceptors (Lipinski definition) is 9. The fourth-order valence-corrected chi connectivity index (χ4v) is 10.5. The van der Waals surface area contributed by atoms with E-state index < -0.39 is 27.6 Å². The van der Waals surface area contributed by atoms with Crippen molar-refractivity contribution < 1.29 is 27.9 Å². The Morgan fingerprint density at radius 1 is 0.981 bits per heavy atom. The zero-order valence-electron chi connectivity index (χ0n) is 30.1. The van der Waals surface area contributed by atoms with Gasteiger partial charge in [0.2, 0.25) is 5.88 Å². The number of nitrogens with zero attached hydrogens (tertiary/aromatic N) is 5. The van der Waals surface area contributed by atoms with Crippen LogP contribution in [0.25, 0.3) is 5.82 Å². The van der Waals surface area contributed by atoms with Gasteiger partial charge in [0.1, 0.15) is 11.0 Å². The number of benzene rings is 1. The summed E-state index contributed by atoms with van der Waals surface area (Å²) in [6, 6.07) is 19.1. The van der Waals surface area contributed by atoms with E-state index in [-0.39, 0.29) is 21.7 Å². The summed E-state index contributed by atoms with van der Waals surface area (Å²) in [5, 5.41) is 17.0. The number of carboxylic acid groups (broad SMARTS) is 1. The number of rotatable bonds is 15. The summed E-state index contributed by atoms with van der Waals surface area (Å²) in [6.07, 6.45) is 10.2. The lowest BCUT2D eigenvalue weighted by atomic mass is 9.86. The van der Waals surface area contributed by atoms with E-state index in [0.717, 1.165) is 37.2 Å². The number of anilines is 1. The van der Waals surface area contributed by atoms with Gasteiger partial charge in [-0.3, -0.25) is 4.79 Å². The monoisotopic (exact) mass is 773 g/mol. The van der Waals surface area contributed by atoms with E-state index in [1.54, 1.807) is 23.2 Å². The van der Waals surface area contributed by atoms with Crippen molar-refractivity contribution in [1.82, 2.24) is 29.4 Å². The van der Waals surface area contributed by atoms with Gasteiger partial charge in [0.25, 0.3) is 15.9 Å². The van der Waals surface area contributed by atoms with Gasteiger partial charge in [-0.1, -0.05) is 48.0 Å². The van der Waals surface area contributed by atoms with Crippen LogP contribution in [0.3, 0.4) is 0 Å².